The minimum Gasteiger partial charge on any atom is -0.496 e. The van der Waals surface area contributed by atoms with Crippen LogP contribution in [0.2, 0.25) is 0 Å². The maximum Gasteiger partial charge on any atom is 0.306 e. The number of nitrogens with zero attached hydrogens (tertiary/aromatic N) is 2. The highest BCUT2D eigenvalue weighted by atomic mass is 16.6. The molecule has 1 amide bonds. The minimum atomic E-state index is -1.01. The van der Waals surface area contributed by atoms with Crippen molar-refractivity contribution in [3.05, 3.63) is 33.4 Å². The predicted molar refractivity (Wildman–Crippen MR) is 82.3 cm³/mol. The number of ether oxygens (including phenoxy) is 2. The first-order chi connectivity index (χ1) is 11.3. The molecular formula is C15H18N2O7. The Bertz CT molecular complexity index is 674. The zero-order valence-corrected chi connectivity index (χ0v) is 13.4. The number of carboxylic acids is 1. The number of hydrogen-bond donors (Lipinski definition) is 1. The van der Waals surface area contributed by atoms with Gasteiger partial charge in [0.15, 0.2) is 0 Å². The molecule has 9 heteroatoms. The van der Waals surface area contributed by atoms with Gasteiger partial charge < -0.3 is 19.5 Å². The van der Waals surface area contributed by atoms with Gasteiger partial charge in [-0.05, 0) is 13.0 Å². The molecule has 1 saturated heterocycles. The molecule has 1 aliphatic heterocycles. The highest BCUT2D eigenvalue weighted by Crippen LogP contribution is 2.30. The smallest absolute Gasteiger partial charge is 0.306 e. The fourth-order valence-electron chi connectivity index (χ4n) is 2.60. The molecule has 1 fully saturated rings. The molecule has 0 aliphatic carbocycles. The lowest BCUT2D eigenvalue weighted by Crippen LogP contribution is -2.46. The van der Waals surface area contributed by atoms with E-state index < -0.39 is 22.9 Å². The Labute approximate surface area is 137 Å². The number of amides is 1. The van der Waals surface area contributed by atoms with E-state index in [9.17, 15) is 19.7 Å². The number of nitro groups is 1. The molecule has 1 unspecified atom stereocenters. The number of rotatable bonds is 5. The molecule has 24 heavy (non-hydrogen) atoms. The SMILES string of the molecule is COc1cc(C(=O)N2CCOC(CC(=O)O)C2)cc([N+](=O)[O-])c1C. The zero-order chi connectivity index (χ0) is 17.9. The number of methoxy groups -OCH3 is 1. The van der Waals surface area contributed by atoms with Crippen LogP contribution in [0.5, 0.6) is 5.75 Å². The quantitative estimate of drug-likeness (QED) is 0.633. The van der Waals surface area contributed by atoms with E-state index in [1.165, 1.54) is 24.1 Å². The summed E-state index contributed by atoms with van der Waals surface area (Å²) in [5.41, 5.74) is 0.262. The molecule has 0 aromatic heterocycles. The number of carbonyl (C=O) groups is 2. The maximum atomic E-state index is 12.6. The minimum absolute atomic E-state index is 0.120. The highest BCUT2D eigenvalue weighted by molar-refractivity contribution is 5.95. The number of benzene rings is 1. The molecule has 130 valence electrons. The van der Waals surface area contributed by atoms with Crippen molar-refractivity contribution < 1.29 is 29.1 Å². The van der Waals surface area contributed by atoms with E-state index in [0.29, 0.717) is 12.1 Å². The van der Waals surface area contributed by atoms with Crippen molar-refractivity contribution in [2.24, 2.45) is 0 Å². The van der Waals surface area contributed by atoms with Gasteiger partial charge in [-0.25, -0.2) is 0 Å². The van der Waals surface area contributed by atoms with Crippen LogP contribution in [0, 0.1) is 17.0 Å². The van der Waals surface area contributed by atoms with Gasteiger partial charge >= 0.3 is 5.97 Å². The van der Waals surface area contributed by atoms with E-state index in [1.54, 1.807) is 6.92 Å². The molecule has 1 heterocycles. The summed E-state index contributed by atoms with van der Waals surface area (Å²) in [5.74, 6) is -1.18. The number of carbonyl (C=O) groups excluding carboxylic acids is 1. The van der Waals surface area contributed by atoms with Crippen LogP contribution >= 0.6 is 0 Å². The van der Waals surface area contributed by atoms with Crippen LogP contribution in [0.4, 0.5) is 5.69 Å². The predicted octanol–water partition coefficient (Wildman–Crippen LogP) is 1.23. The Balaban J connectivity index is 2.27. The van der Waals surface area contributed by atoms with Crippen molar-refractivity contribution >= 4 is 17.6 Å². The van der Waals surface area contributed by atoms with E-state index in [0.717, 1.165) is 0 Å². The lowest BCUT2D eigenvalue weighted by atomic mass is 10.1. The summed E-state index contributed by atoms with van der Waals surface area (Å²) in [6, 6.07) is 2.66. The Hall–Kier alpha value is -2.68. The van der Waals surface area contributed by atoms with Crippen molar-refractivity contribution in [2.45, 2.75) is 19.4 Å². The third-order valence-corrected chi connectivity index (χ3v) is 3.82. The molecule has 0 saturated carbocycles. The van der Waals surface area contributed by atoms with Gasteiger partial charge in [-0.2, -0.15) is 0 Å². The molecule has 1 aromatic rings. The van der Waals surface area contributed by atoms with E-state index in [2.05, 4.69) is 0 Å². The van der Waals surface area contributed by atoms with Crippen LogP contribution in [-0.4, -0.2) is 59.7 Å². The van der Waals surface area contributed by atoms with Crippen LogP contribution in [-0.2, 0) is 9.53 Å². The molecule has 0 radical (unpaired) electrons. The molecule has 1 aromatic carbocycles. The van der Waals surface area contributed by atoms with Crippen LogP contribution in [0.15, 0.2) is 12.1 Å². The zero-order valence-electron chi connectivity index (χ0n) is 13.4. The van der Waals surface area contributed by atoms with Crippen molar-refractivity contribution in [3.63, 3.8) is 0 Å². The van der Waals surface area contributed by atoms with Gasteiger partial charge in [0.2, 0.25) is 0 Å². The molecular weight excluding hydrogens is 320 g/mol. The number of hydrogen-bond acceptors (Lipinski definition) is 6. The lowest BCUT2D eigenvalue weighted by Gasteiger charge is -2.32. The number of carboxylic acid groups (broad SMARTS) is 1. The fourth-order valence-corrected chi connectivity index (χ4v) is 2.60. The second-order valence-corrected chi connectivity index (χ2v) is 5.42. The summed E-state index contributed by atoms with van der Waals surface area (Å²) in [5, 5.41) is 20.0. The van der Waals surface area contributed by atoms with Gasteiger partial charge in [-0.1, -0.05) is 0 Å². The normalized spacial score (nSPS) is 17.4. The van der Waals surface area contributed by atoms with E-state index in [4.69, 9.17) is 14.6 Å². The number of aliphatic carboxylic acids is 1. The molecule has 0 bridgehead atoms. The maximum absolute atomic E-state index is 12.6. The Morgan fingerprint density at radius 2 is 2.21 bits per heavy atom. The van der Waals surface area contributed by atoms with Gasteiger partial charge in [-0.15, -0.1) is 0 Å². The summed E-state index contributed by atoms with van der Waals surface area (Å²) in [7, 11) is 1.37. The Morgan fingerprint density at radius 1 is 1.50 bits per heavy atom. The Morgan fingerprint density at radius 3 is 2.79 bits per heavy atom. The van der Waals surface area contributed by atoms with Crippen LogP contribution in [0.25, 0.3) is 0 Å². The van der Waals surface area contributed by atoms with Gasteiger partial charge in [0, 0.05) is 19.2 Å². The van der Waals surface area contributed by atoms with Crippen molar-refractivity contribution in [1.29, 1.82) is 0 Å². The fraction of sp³-hybridized carbons (Fsp3) is 0.467. The van der Waals surface area contributed by atoms with E-state index in [-0.39, 0.29) is 36.6 Å². The molecule has 1 atom stereocenters. The van der Waals surface area contributed by atoms with Crippen molar-refractivity contribution in [2.75, 3.05) is 26.8 Å². The first-order valence-corrected chi connectivity index (χ1v) is 7.29. The summed E-state index contributed by atoms with van der Waals surface area (Å²) in [6.45, 7) is 2.17. The molecule has 2 rings (SSSR count). The molecule has 1 aliphatic rings. The molecule has 1 N–H and O–H groups in total. The monoisotopic (exact) mass is 338 g/mol. The third kappa shape index (κ3) is 3.80. The van der Waals surface area contributed by atoms with Gasteiger partial charge in [-0.3, -0.25) is 19.7 Å². The average molecular weight is 338 g/mol. The number of nitro benzene ring substituents is 1. The third-order valence-electron chi connectivity index (χ3n) is 3.82. The first-order valence-electron chi connectivity index (χ1n) is 7.29. The number of morpholine rings is 1. The lowest BCUT2D eigenvalue weighted by molar-refractivity contribution is -0.385. The first kappa shape index (κ1) is 17.7. The topological polar surface area (TPSA) is 119 Å². The standard InChI is InChI=1S/C15H18N2O7/c1-9-12(17(21)22)5-10(6-13(9)23-2)15(20)16-3-4-24-11(8-16)7-14(18)19/h5-6,11H,3-4,7-8H2,1-2H3,(H,18,19). The average Bonchev–Trinajstić information content (AvgIpc) is 2.53. The molecule has 9 nitrogen and oxygen atoms in total. The summed E-state index contributed by atoms with van der Waals surface area (Å²) in [4.78, 5) is 35.4. The van der Waals surface area contributed by atoms with E-state index in [1.807, 2.05) is 0 Å². The van der Waals surface area contributed by atoms with Crippen LogP contribution < -0.4 is 4.74 Å². The summed E-state index contributed by atoms with van der Waals surface area (Å²) in [6.07, 6.45) is -0.802. The van der Waals surface area contributed by atoms with Crippen molar-refractivity contribution in [3.8, 4) is 5.75 Å². The van der Waals surface area contributed by atoms with Gasteiger partial charge in [0.05, 0.1) is 42.3 Å². The van der Waals surface area contributed by atoms with E-state index >= 15 is 0 Å². The van der Waals surface area contributed by atoms with Gasteiger partial charge in [0.1, 0.15) is 5.75 Å². The second kappa shape index (κ2) is 7.26. The molecule has 0 spiro atoms. The largest absolute Gasteiger partial charge is 0.496 e. The second-order valence-electron chi connectivity index (χ2n) is 5.42. The van der Waals surface area contributed by atoms with Gasteiger partial charge in [0.25, 0.3) is 11.6 Å². The Kier molecular flexibility index (Phi) is 5.35. The van der Waals surface area contributed by atoms with Crippen LogP contribution in [0.1, 0.15) is 22.3 Å². The summed E-state index contributed by atoms with van der Waals surface area (Å²) < 4.78 is 10.4. The van der Waals surface area contributed by atoms with Crippen LogP contribution in [0.3, 0.4) is 0 Å². The summed E-state index contributed by atoms with van der Waals surface area (Å²) >= 11 is 0. The van der Waals surface area contributed by atoms with Crippen molar-refractivity contribution in [1.82, 2.24) is 4.90 Å². The highest BCUT2D eigenvalue weighted by Gasteiger charge is 2.28.